The summed E-state index contributed by atoms with van der Waals surface area (Å²) in [6.07, 6.45) is 1.29. The number of benzene rings is 1. The number of carbonyl (C=O) groups is 3. The third kappa shape index (κ3) is 4.37. The third-order valence-corrected chi connectivity index (χ3v) is 6.49. The summed E-state index contributed by atoms with van der Waals surface area (Å²) in [6.45, 7) is 1.38. The van der Waals surface area contributed by atoms with Gasteiger partial charge in [0, 0.05) is 14.1 Å². The van der Waals surface area contributed by atoms with Crippen molar-refractivity contribution in [3.63, 3.8) is 0 Å². The van der Waals surface area contributed by atoms with Crippen molar-refractivity contribution in [3.05, 3.63) is 55.7 Å². The van der Waals surface area contributed by atoms with Crippen molar-refractivity contribution in [3.8, 4) is 0 Å². The summed E-state index contributed by atoms with van der Waals surface area (Å²) < 4.78 is 15.4. The van der Waals surface area contributed by atoms with Crippen LogP contribution in [0.15, 0.2) is 39.1 Å². The zero-order valence-electron chi connectivity index (χ0n) is 19.9. The number of carbonyl (C=O) groups excluding carboxylic acids is 3. The van der Waals surface area contributed by atoms with E-state index in [9.17, 15) is 24.0 Å². The van der Waals surface area contributed by atoms with Crippen molar-refractivity contribution < 1.29 is 23.9 Å². The van der Waals surface area contributed by atoms with Crippen LogP contribution in [0.1, 0.15) is 17.3 Å². The number of amides is 1. The molecule has 1 amide bonds. The average molecular weight is 515 g/mol. The number of hydrogen-bond donors (Lipinski definition) is 0. The van der Waals surface area contributed by atoms with E-state index in [-0.39, 0.29) is 35.7 Å². The smallest absolute Gasteiger partial charge is 0.338 e. The highest BCUT2D eigenvalue weighted by Crippen LogP contribution is 2.20. The van der Waals surface area contributed by atoms with Gasteiger partial charge in [-0.3, -0.25) is 23.5 Å². The van der Waals surface area contributed by atoms with Crippen molar-refractivity contribution >= 4 is 50.6 Å². The molecule has 0 bridgehead atoms. The molecule has 3 heterocycles. The Kier molecular flexibility index (Phi) is 6.70. The van der Waals surface area contributed by atoms with E-state index >= 15 is 0 Å². The first-order chi connectivity index (χ1) is 17.2. The molecule has 14 heteroatoms. The van der Waals surface area contributed by atoms with Gasteiger partial charge in [-0.25, -0.2) is 14.6 Å². The van der Waals surface area contributed by atoms with Gasteiger partial charge in [-0.15, -0.1) is 0 Å². The van der Waals surface area contributed by atoms with E-state index < -0.39 is 29.1 Å². The molecule has 3 aromatic heterocycles. The summed E-state index contributed by atoms with van der Waals surface area (Å²) in [6, 6.07) is 4.80. The fourth-order valence-electron chi connectivity index (χ4n) is 3.65. The first-order valence-corrected chi connectivity index (χ1v) is 11.5. The number of imidazole rings is 1. The topological polar surface area (TPSA) is 149 Å². The summed E-state index contributed by atoms with van der Waals surface area (Å²) in [4.78, 5) is 70.3. The predicted octanol–water partition coefficient (Wildman–Crippen LogP) is -0.0729. The summed E-state index contributed by atoms with van der Waals surface area (Å²) >= 11 is 1.10. The zero-order chi connectivity index (χ0) is 26.1. The number of methoxy groups -OCH3 is 1. The molecular weight excluding hydrogens is 492 g/mol. The van der Waals surface area contributed by atoms with Gasteiger partial charge in [0.15, 0.2) is 16.0 Å². The van der Waals surface area contributed by atoms with Gasteiger partial charge in [0.05, 0.1) is 35.8 Å². The van der Waals surface area contributed by atoms with Crippen molar-refractivity contribution in [2.75, 3.05) is 13.7 Å². The van der Waals surface area contributed by atoms with Gasteiger partial charge >= 0.3 is 17.6 Å². The quantitative estimate of drug-likeness (QED) is 0.325. The summed E-state index contributed by atoms with van der Waals surface area (Å²) in [7, 11) is 4.06. The lowest BCUT2D eigenvalue weighted by molar-refractivity contribution is -0.141. The Morgan fingerprint density at radius 1 is 1.11 bits per heavy atom. The van der Waals surface area contributed by atoms with E-state index in [4.69, 9.17) is 9.47 Å². The van der Waals surface area contributed by atoms with Gasteiger partial charge in [0.1, 0.15) is 13.1 Å². The second kappa shape index (κ2) is 9.73. The Labute approximate surface area is 206 Å². The van der Waals surface area contributed by atoms with E-state index in [0.29, 0.717) is 15.8 Å². The van der Waals surface area contributed by atoms with Gasteiger partial charge in [-0.2, -0.15) is 4.99 Å². The van der Waals surface area contributed by atoms with Crippen LogP contribution in [0.3, 0.4) is 0 Å². The largest absolute Gasteiger partial charge is 0.468 e. The van der Waals surface area contributed by atoms with Crippen LogP contribution in [0.25, 0.3) is 21.4 Å². The molecule has 0 spiro atoms. The molecule has 0 saturated carbocycles. The van der Waals surface area contributed by atoms with Crippen LogP contribution in [0.4, 0.5) is 0 Å². The number of hydrogen-bond acceptors (Lipinski definition) is 9. The maximum atomic E-state index is 12.9. The number of fused-ring (bicyclic) bond motifs is 2. The van der Waals surface area contributed by atoms with Crippen LogP contribution < -0.4 is 16.1 Å². The maximum absolute atomic E-state index is 12.9. The predicted molar refractivity (Wildman–Crippen MR) is 129 cm³/mol. The maximum Gasteiger partial charge on any atom is 0.338 e. The first kappa shape index (κ1) is 24.8. The molecule has 4 rings (SSSR count). The molecule has 13 nitrogen and oxygen atoms in total. The fraction of sp³-hybridized carbons (Fsp3) is 0.318. The summed E-state index contributed by atoms with van der Waals surface area (Å²) in [5.74, 6) is -1.67. The minimum atomic E-state index is -0.624. The molecule has 0 aliphatic carbocycles. The normalized spacial score (nSPS) is 11.8. The van der Waals surface area contributed by atoms with Crippen molar-refractivity contribution in [1.29, 1.82) is 0 Å². The molecule has 0 N–H and O–H groups in total. The second-order valence-corrected chi connectivity index (χ2v) is 8.71. The van der Waals surface area contributed by atoms with Crippen molar-refractivity contribution in [1.82, 2.24) is 23.3 Å². The number of nitrogens with zero attached hydrogens (tertiary/aromatic N) is 6. The molecule has 4 aromatic rings. The number of ether oxygens (including phenoxy) is 2. The Hall–Kier alpha value is -4.33. The van der Waals surface area contributed by atoms with Crippen LogP contribution in [0, 0.1) is 0 Å². The molecule has 1 aromatic carbocycles. The highest BCUT2D eigenvalue weighted by molar-refractivity contribution is 7.16. The molecule has 0 unspecified atom stereocenters. The van der Waals surface area contributed by atoms with E-state index in [0.717, 1.165) is 15.9 Å². The standard InChI is InChI=1S/C22H22N6O7S/c1-5-35-20(32)12-6-7-13-14(8-12)36-21(28(13)10-16(30)34-4)24-15(29)9-27-11-23-18-17(27)19(31)26(3)22(33)25(18)2/h6-8,11H,5,9-10H2,1-4H3. The highest BCUT2D eigenvalue weighted by atomic mass is 32.1. The minimum absolute atomic E-state index is 0.0843. The van der Waals surface area contributed by atoms with E-state index in [1.807, 2.05) is 0 Å². The summed E-state index contributed by atoms with van der Waals surface area (Å²) in [5.41, 5.74) is -0.00871. The summed E-state index contributed by atoms with van der Waals surface area (Å²) in [5, 5.41) is 0. The van der Waals surface area contributed by atoms with E-state index in [1.54, 1.807) is 25.1 Å². The van der Waals surface area contributed by atoms with Crippen molar-refractivity contribution in [2.45, 2.75) is 20.0 Å². The number of aromatic nitrogens is 5. The SMILES string of the molecule is CCOC(=O)c1ccc2c(c1)sc(=NC(=O)Cn1cnc3c1c(=O)n(C)c(=O)n3C)n2CC(=O)OC. The van der Waals surface area contributed by atoms with Crippen LogP contribution in [0.5, 0.6) is 0 Å². The molecule has 0 fully saturated rings. The Morgan fingerprint density at radius 3 is 2.56 bits per heavy atom. The Morgan fingerprint density at radius 2 is 1.86 bits per heavy atom. The second-order valence-electron chi connectivity index (χ2n) is 7.71. The number of esters is 2. The van der Waals surface area contributed by atoms with Gasteiger partial charge in [-0.05, 0) is 25.1 Å². The highest BCUT2D eigenvalue weighted by Gasteiger charge is 2.18. The molecule has 0 atom stereocenters. The number of thiazole rings is 1. The average Bonchev–Trinajstić information content (AvgIpc) is 3.42. The van der Waals surface area contributed by atoms with Crippen LogP contribution in [-0.4, -0.2) is 54.8 Å². The minimum Gasteiger partial charge on any atom is -0.468 e. The van der Waals surface area contributed by atoms with Crippen molar-refractivity contribution in [2.24, 2.45) is 19.1 Å². The monoisotopic (exact) mass is 514 g/mol. The van der Waals surface area contributed by atoms with Gasteiger partial charge in [0.25, 0.3) is 11.5 Å². The number of aryl methyl sites for hydroxylation is 1. The van der Waals surface area contributed by atoms with E-state index in [2.05, 4.69) is 9.98 Å². The molecular formula is C22H22N6O7S. The molecule has 188 valence electrons. The lowest BCUT2D eigenvalue weighted by Crippen LogP contribution is -2.37. The first-order valence-electron chi connectivity index (χ1n) is 10.7. The molecule has 0 aliphatic rings. The van der Waals surface area contributed by atoms with Gasteiger partial charge < -0.3 is 18.6 Å². The zero-order valence-corrected chi connectivity index (χ0v) is 20.7. The van der Waals surface area contributed by atoms with Crippen LogP contribution >= 0.6 is 11.3 Å². The van der Waals surface area contributed by atoms with Gasteiger partial charge in [-0.1, -0.05) is 11.3 Å². The van der Waals surface area contributed by atoms with Gasteiger partial charge in [0.2, 0.25) is 0 Å². The molecule has 0 radical (unpaired) electrons. The molecule has 0 saturated heterocycles. The third-order valence-electron chi connectivity index (χ3n) is 5.45. The van der Waals surface area contributed by atoms with Crippen LogP contribution in [0.2, 0.25) is 0 Å². The fourth-order valence-corrected chi connectivity index (χ4v) is 4.74. The molecule has 0 aliphatic heterocycles. The van der Waals surface area contributed by atoms with E-state index in [1.165, 1.54) is 41.2 Å². The molecule has 36 heavy (non-hydrogen) atoms. The lowest BCUT2D eigenvalue weighted by Gasteiger charge is -2.06. The lowest BCUT2D eigenvalue weighted by atomic mass is 10.2. The van der Waals surface area contributed by atoms with Crippen LogP contribution in [-0.2, 0) is 46.2 Å². The Bertz CT molecular complexity index is 1720. The Balaban J connectivity index is 1.79. The number of rotatable bonds is 6.